The van der Waals surface area contributed by atoms with Gasteiger partial charge in [0.1, 0.15) is 5.75 Å². The SMILES string of the molecule is O=S(=O)(NCc1ccccc1OC(F)(F)F)c1ccc2c(c1)CCC2. The summed E-state index contributed by atoms with van der Waals surface area (Å²) in [5.41, 5.74) is 2.25. The smallest absolute Gasteiger partial charge is 0.405 e. The van der Waals surface area contributed by atoms with Crippen LogP contribution >= 0.6 is 0 Å². The summed E-state index contributed by atoms with van der Waals surface area (Å²) in [5.74, 6) is -0.424. The lowest BCUT2D eigenvalue weighted by Crippen LogP contribution is -2.25. The van der Waals surface area contributed by atoms with Crippen molar-refractivity contribution >= 4 is 10.0 Å². The molecule has 3 rings (SSSR count). The number of aryl methyl sites for hydroxylation is 2. The third-order valence-corrected chi connectivity index (χ3v) is 5.43. The van der Waals surface area contributed by atoms with Gasteiger partial charge in [0.2, 0.25) is 10.0 Å². The molecule has 8 heteroatoms. The third-order valence-electron chi connectivity index (χ3n) is 4.03. The van der Waals surface area contributed by atoms with Gasteiger partial charge in [0.05, 0.1) is 4.90 Å². The number of fused-ring (bicyclic) bond motifs is 1. The lowest BCUT2D eigenvalue weighted by atomic mass is 10.1. The van der Waals surface area contributed by atoms with Gasteiger partial charge in [0.15, 0.2) is 0 Å². The molecule has 4 nitrogen and oxygen atoms in total. The maximum Gasteiger partial charge on any atom is 0.573 e. The van der Waals surface area contributed by atoms with Gasteiger partial charge in [0.25, 0.3) is 0 Å². The zero-order valence-electron chi connectivity index (χ0n) is 13.1. The molecule has 0 amide bonds. The molecule has 0 bridgehead atoms. The second-order valence-electron chi connectivity index (χ2n) is 5.76. The Morgan fingerprint density at radius 3 is 2.52 bits per heavy atom. The van der Waals surface area contributed by atoms with Gasteiger partial charge >= 0.3 is 6.36 Å². The fourth-order valence-corrected chi connectivity index (χ4v) is 3.90. The lowest BCUT2D eigenvalue weighted by molar-refractivity contribution is -0.274. The number of hydrogen-bond acceptors (Lipinski definition) is 3. The molecule has 1 N–H and O–H groups in total. The van der Waals surface area contributed by atoms with Crippen LogP contribution in [0.4, 0.5) is 13.2 Å². The van der Waals surface area contributed by atoms with E-state index in [0.717, 1.165) is 36.5 Å². The fourth-order valence-electron chi connectivity index (χ4n) is 2.85. The number of halogens is 3. The van der Waals surface area contributed by atoms with E-state index in [1.807, 2.05) is 0 Å². The second-order valence-corrected chi connectivity index (χ2v) is 7.53. The van der Waals surface area contributed by atoms with Crippen LogP contribution in [0.25, 0.3) is 0 Å². The van der Waals surface area contributed by atoms with Crippen molar-refractivity contribution in [1.29, 1.82) is 0 Å². The highest BCUT2D eigenvalue weighted by Gasteiger charge is 2.32. The van der Waals surface area contributed by atoms with Gasteiger partial charge in [-0.1, -0.05) is 24.3 Å². The first-order chi connectivity index (χ1) is 11.7. The molecule has 0 saturated heterocycles. The Morgan fingerprint density at radius 1 is 1.04 bits per heavy atom. The minimum absolute atomic E-state index is 0.101. The highest BCUT2D eigenvalue weighted by molar-refractivity contribution is 7.89. The van der Waals surface area contributed by atoms with Gasteiger partial charge in [-0.2, -0.15) is 0 Å². The van der Waals surface area contributed by atoms with Crippen LogP contribution in [0.1, 0.15) is 23.1 Å². The number of alkyl halides is 3. The monoisotopic (exact) mass is 371 g/mol. The topological polar surface area (TPSA) is 55.4 Å². The summed E-state index contributed by atoms with van der Waals surface area (Å²) in [6, 6.07) is 10.4. The van der Waals surface area contributed by atoms with Crippen LogP contribution in [0.5, 0.6) is 5.75 Å². The summed E-state index contributed by atoms with van der Waals surface area (Å²) >= 11 is 0. The van der Waals surface area contributed by atoms with Gasteiger partial charge in [-0.25, -0.2) is 13.1 Å². The predicted octanol–water partition coefficient (Wildman–Crippen LogP) is 3.55. The molecule has 0 unspecified atom stereocenters. The van der Waals surface area contributed by atoms with Crippen LogP contribution < -0.4 is 9.46 Å². The molecule has 0 aliphatic heterocycles. The molecule has 1 aliphatic rings. The molecule has 1 aliphatic carbocycles. The molecule has 0 radical (unpaired) electrons. The summed E-state index contributed by atoms with van der Waals surface area (Å²) < 4.78 is 68.4. The quantitative estimate of drug-likeness (QED) is 0.875. The standard InChI is InChI=1S/C17H16F3NO3S/c18-17(19,20)24-16-7-2-1-4-14(16)11-21-25(22,23)15-9-8-12-5-3-6-13(12)10-15/h1-2,4,7-10,21H,3,5-6,11H2. The van der Waals surface area contributed by atoms with Crippen LogP contribution in [0.15, 0.2) is 47.4 Å². The van der Waals surface area contributed by atoms with Gasteiger partial charge < -0.3 is 4.74 Å². The number of nitrogens with one attached hydrogen (secondary N) is 1. The fraction of sp³-hybridized carbons (Fsp3) is 0.294. The molecule has 0 spiro atoms. The van der Waals surface area contributed by atoms with Crippen molar-refractivity contribution in [1.82, 2.24) is 4.72 Å². The number of hydrogen-bond donors (Lipinski definition) is 1. The van der Waals surface area contributed by atoms with Gasteiger partial charge in [-0.05, 0) is 48.6 Å². The second kappa shape index (κ2) is 6.68. The summed E-state index contributed by atoms with van der Waals surface area (Å²) in [7, 11) is -3.83. The average molecular weight is 371 g/mol. The maximum atomic E-state index is 12.4. The predicted molar refractivity (Wildman–Crippen MR) is 85.6 cm³/mol. The zero-order chi connectivity index (χ0) is 18.1. The van der Waals surface area contributed by atoms with Crippen molar-refractivity contribution in [3.63, 3.8) is 0 Å². The van der Waals surface area contributed by atoms with E-state index >= 15 is 0 Å². The van der Waals surface area contributed by atoms with Crippen LogP contribution in [0.2, 0.25) is 0 Å². The zero-order valence-corrected chi connectivity index (χ0v) is 14.0. The van der Waals surface area contributed by atoms with Crippen molar-refractivity contribution < 1.29 is 26.3 Å². The first-order valence-electron chi connectivity index (χ1n) is 7.70. The van der Waals surface area contributed by atoms with Crippen molar-refractivity contribution in [2.45, 2.75) is 37.1 Å². The minimum atomic E-state index is -4.84. The number of ether oxygens (including phenoxy) is 1. The Hall–Kier alpha value is -2.06. The normalized spacial score (nSPS) is 14.4. The van der Waals surface area contributed by atoms with E-state index in [1.165, 1.54) is 24.3 Å². The Kier molecular flexibility index (Phi) is 4.75. The van der Waals surface area contributed by atoms with E-state index < -0.39 is 22.1 Å². The van der Waals surface area contributed by atoms with Crippen molar-refractivity contribution in [2.75, 3.05) is 0 Å². The van der Waals surface area contributed by atoms with Gasteiger partial charge in [0, 0.05) is 12.1 Å². The van der Waals surface area contributed by atoms with E-state index in [4.69, 9.17) is 0 Å². The van der Waals surface area contributed by atoms with Crippen LogP contribution in [0, 0.1) is 0 Å². The summed E-state index contributed by atoms with van der Waals surface area (Å²) in [5, 5.41) is 0. The molecule has 0 aromatic heterocycles. The molecule has 25 heavy (non-hydrogen) atoms. The number of rotatable bonds is 5. The molecule has 0 heterocycles. The Bertz CT molecular complexity index is 879. The molecule has 134 valence electrons. The number of para-hydroxylation sites is 1. The van der Waals surface area contributed by atoms with Gasteiger partial charge in [-0.15, -0.1) is 13.2 Å². The molecule has 0 saturated carbocycles. The summed E-state index contributed by atoms with van der Waals surface area (Å²) in [4.78, 5) is 0.113. The highest BCUT2D eigenvalue weighted by atomic mass is 32.2. The molecular formula is C17H16F3NO3S. The molecule has 2 aromatic carbocycles. The van der Waals surface area contributed by atoms with E-state index in [2.05, 4.69) is 9.46 Å². The Labute approximate surface area is 143 Å². The van der Waals surface area contributed by atoms with E-state index in [1.54, 1.807) is 12.1 Å². The molecule has 0 fully saturated rings. The van der Waals surface area contributed by atoms with Crippen LogP contribution in [-0.2, 0) is 29.4 Å². The van der Waals surface area contributed by atoms with Crippen LogP contribution in [-0.4, -0.2) is 14.8 Å². The van der Waals surface area contributed by atoms with Crippen LogP contribution in [0.3, 0.4) is 0 Å². The highest BCUT2D eigenvalue weighted by Crippen LogP contribution is 2.27. The number of benzene rings is 2. The average Bonchev–Trinajstić information content (AvgIpc) is 3.00. The molecular weight excluding hydrogens is 355 g/mol. The van der Waals surface area contributed by atoms with Crippen molar-refractivity contribution in [3.8, 4) is 5.75 Å². The lowest BCUT2D eigenvalue weighted by Gasteiger charge is -2.14. The van der Waals surface area contributed by atoms with E-state index in [-0.39, 0.29) is 17.0 Å². The third kappa shape index (κ3) is 4.32. The maximum absolute atomic E-state index is 12.4. The Morgan fingerprint density at radius 2 is 1.76 bits per heavy atom. The first kappa shape index (κ1) is 17.8. The van der Waals surface area contributed by atoms with Crippen molar-refractivity contribution in [3.05, 3.63) is 59.2 Å². The first-order valence-corrected chi connectivity index (χ1v) is 9.18. The van der Waals surface area contributed by atoms with E-state index in [0.29, 0.717) is 0 Å². The van der Waals surface area contributed by atoms with Gasteiger partial charge in [-0.3, -0.25) is 0 Å². The summed E-state index contributed by atoms with van der Waals surface area (Å²) in [6.45, 7) is -0.300. The Balaban J connectivity index is 1.77. The molecule has 0 atom stereocenters. The molecule has 2 aromatic rings. The largest absolute Gasteiger partial charge is 0.573 e. The number of sulfonamides is 1. The summed E-state index contributed by atoms with van der Waals surface area (Å²) in [6.07, 6.45) is -2.07. The minimum Gasteiger partial charge on any atom is -0.405 e. The van der Waals surface area contributed by atoms with Crippen molar-refractivity contribution in [2.24, 2.45) is 0 Å². The van der Waals surface area contributed by atoms with E-state index in [9.17, 15) is 21.6 Å².